The molecule has 0 aliphatic heterocycles. The molecule has 0 spiro atoms. The first-order chi connectivity index (χ1) is 24.7. The maximum Gasteiger partial charge on any atom is 0.136 e. The third-order valence-electron chi connectivity index (χ3n) is 8.30. The monoisotopic (exact) mass is 554 g/mol. The van der Waals surface area contributed by atoms with Gasteiger partial charge in [-0.1, -0.05) is 139 Å². The highest BCUT2D eigenvalue weighted by molar-refractivity contribution is 6.23. The second-order valence-electron chi connectivity index (χ2n) is 10.6. The lowest BCUT2D eigenvalue weighted by Crippen LogP contribution is -1.92. The molecule has 1 heterocycles. The highest BCUT2D eigenvalue weighted by Crippen LogP contribution is 2.46. The van der Waals surface area contributed by atoms with Crippen molar-refractivity contribution < 1.29 is 15.4 Å². The van der Waals surface area contributed by atoms with Crippen molar-refractivity contribution in [2.24, 2.45) is 0 Å². The Hall–Kier alpha value is -5.66. The molecule has 0 fully saturated rings. The summed E-state index contributed by atoms with van der Waals surface area (Å²) in [5, 5.41) is 4.31. The van der Waals surface area contributed by atoms with Crippen LogP contribution in [-0.4, -0.2) is 0 Å². The largest absolute Gasteiger partial charge is 0.456 e. The first-order valence-corrected chi connectivity index (χ1v) is 14.1. The number of para-hydroxylation sites is 1. The van der Waals surface area contributed by atoms with Crippen LogP contribution in [0.2, 0.25) is 0 Å². The van der Waals surface area contributed by atoms with Gasteiger partial charge >= 0.3 is 0 Å². The fourth-order valence-electron chi connectivity index (χ4n) is 6.48. The highest BCUT2D eigenvalue weighted by Gasteiger charge is 2.19. The van der Waals surface area contributed by atoms with E-state index in [0.29, 0.717) is 22.3 Å². The Morgan fingerprint density at radius 3 is 1.77 bits per heavy atom. The van der Waals surface area contributed by atoms with E-state index < -0.39 is 24.2 Å². The van der Waals surface area contributed by atoms with Crippen molar-refractivity contribution in [1.82, 2.24) is 0 Å². The number of fused-ring (bicyclic) bond motifs is 6. The number of hydrogen-bond donors (Lipinski definition) is 0. The second-order valence-corrected chi connectivity index (χ2v) is 10.6. The van der Waals surface area contributed by atoms with Crippen LogP contribution in [0.25, 0.3) is 87.6 Å². The van der Waals surface area contributed by atoms with E-state index in [2.05, 4.69) is 0 Å². The molecule has 0 unspecified atom stereocenters. The average Bonchev–Trinajstić information content (AvgIpc) is 3.55. The molecule has 0 atom stereocenters. The Morgan fingerprint density at radius 2 is 0.977 bits per heavy atom. The molecule has 1 nitrogen and oxygen atoms in total. The second kappa shape index (κ2) is 9.44. The number of benzene rings is 8. The molecule has 0 radical (unpaired) electrons. The summed E-state index contributed by atoms with van der Waals surface area (Å²) in [6, 6.07) is 31.7. The zero-order valence-electron chi connectivity index (χ0n) is 30.8. The Morgan fingerprint density at radius 1 is 0.419 bits per heavy atom. The van der Waals surface area contributed by atoms with Crippen LogP contribution >= 0.6 is 0 Å². The molecular weight excluding hydrogens is 520 g/mol. The van der Waals surface area contributed by atoms with E-state index in [1.54, 1.807) is 0 Å². The Labute approximate surface area is 260 Å². The van der Waals surface area contributed by atoms with Gasteiger partial charge in [0.25, 0.3) is 0 Å². The van der Waals surface area contributed by atoms with Gasteiger partial charge in [-0.05, 0) is 83.9 Å². The molecule has 0 amide bonds. The first-order valence-electron chi connectivity index (χ1n) is 18.1. The highest BCUT2D eigenvalue weighted by atomic mass is 16.3. The van der Waals surface area contributed by atoms with Gasteiger partial charge in [-0.15, -0.1) is 0 Å². The van der Waals surface area contributed by atoms with Gasteiger partial charge < -0.3 is 4.42 Å². The van der Waals surface area contributed by atoms with Gasteiger partial charge in [-0.2, -0.15) is 0 Å². The molecule has 0 aliphatic rings. The molecule has 0 saturated heterocycles. The van der Waals surface area contributed by atoms with Gasteiger partial charge in [0.2, 0.25) is 0 Å². The summed E-state index contributed by atoms with van der Waals surface area (Å²) in [6.07, 6.45) is 0. The fraction of sp³-hybridized carbons (Fsp3) is 0. The lowest BCUT2D eigenvalue weighted by atomic mass is 9.84. The van der Waals surface area contributed by atoms with Gasteiger partial charge in [-0.3, -0.25) is 0 Å². The van der Waals surface area contributed by atoms with E-state index in [1.807, 2.05) is 109 Å². The Kier molecular flexibility index (Phi) is 3.80. The average molecular weight is 555 g/mol. The summed E-state index contributed by atoms with van der Waals surface area (Å²) in [4.78, 5) is 0. The molecular formula is C42H26O. The first kappa shape index (κ1) is 17.3. The van der Waals surface area contributed by atoms with E-state index in [4.69, 9.17) is 9.90 Å². The minimum absolute atomic E-state index is 0.186. The van der Waals surface area contributed by atoms with Gasteiger partial charge in [0.1, 0.15) is 11.2 Å². The van der Waals surface area contributed by atoms with Crippen LogP contribution in [0.3, 0.4) is 0 Å². The zero-order chi connectivity index (χ0) is 35.3. The maximum absolute atomic E-state index is 9.33. The van der Waals surface area contributed by atoms with Gasteiger partial charge in [0.15, 0.2) is 0 Å². The molecule has 0 N–H and O–H groups in total. The molecule has 9 rings (SSSR count). The van der Waals surface area contributed by atoms with Crippen LogP contribution in [0.5, 0.6) is 0 Å². The van der Waals surface area contributed by atoms with Gasteiger partial charge in [0.05, 0.1) is 11.0 Å². The molecule has 1 aromatic heterocycles. The van der Waals surface area contributed by atoms with Gasteiger partial charge in [0, 0.05) is 10.8 Å². The number of rotatable bonds is 3. The minimum Gasteiger partial charge on any atom is -0.456 e. The molecule has 0 bridgehead atoms. The lowest BCUT2D eigenvalue weighted by molar-refractivity contribution is 0.669. The summed E-state index contributed by atoms with van der Waals surface area (Å²) in [5.74, 6) is 0. The third kappa shape index (κ3) is 3.65. The topological polar surface area (TPSA) is 13.1 Å². The smallest absolute Gasteiger partial charge is 0.136 e. The van der Waals surface area contributed by atoms with Crippen molar-refractivity contribution in [1.29, 1.82) is 0 Å². The zero-order valence-corrected chi connectivity index (χ0v) is 22.8. The van der Waals surface area contributed by atoms with Crippen LogP contribution < -0.4 is 0 Å². The number of hydrogen-bond acceptors (Lipinski definition) is 1. The van der Waals surface area contributed by atoms with E-state index in [9.17, 15) is 5.48 Å². The van der Waals surface area contributed by atoms with Gasteiger partial charge in [-0.25, -0.2) is 0 Å². The summed E-state index contributed by atoms with van der Waals surface area (Å²) < 4.78 is 78.5. The molecule has 0 aliphatic carbocycles. The van der Waals surface area contributed by atoms with Crippen molar-refractivity contribution in [3.8, 4) is 33.4 Å². The van der Waals surface area contributed by atoms with Crippen LogP contribution in [0.4, 0.5) is 0 Å². The van der Waals surface area contributed by atoms with Crippen molar-refractivity contribution in [2.45, 2.75) is 0 Å². The van der Waals surface area contributed by atoms with Crippen LogP contribution in [-0.2, 0) is 0 Å². The van der Waals surface area contributed by atoms with Crippen molar-refractivity contribution in [3.05, 3.63) is 158 Å². The lowest BCUT2D eigenvalue weighted by Gasteiger charge is -2.19. The standard InChI is InChI=1S/C42H26O/c1-2-16-30-27(12-1)13-10-23-32(30)41-35-19-5-3-17-33(35)40(34-18-4-6-20-36(34)41)29-15-9-14-28(26-29)31-22-11-25-39-42(31)37-21-7-8-24-38(37)43-39/h1-26H/i3D,4D,5D,6D,17D,18D,19D,20D. The van der Waals surface area contributed by atoms with Crippen molar-refractivity contribution in [2.75, 3.05) is 0 Å². The normalized spacial score (nSPS) is 14.3. The van der Waals surface area contributed by atoms with Crippen LogP contribution in [0.15, 0.2) is 162 Å². The van der Waals surface area contributed by atoms with E-state index in [1.165, 1.54) is 0 Å². The molecule has 1 heteroatoms. The minimum atomic E-state index is -0.427. The predicted molar refractivity (Wildman–Crippen MR) is 183 cm³/mol. The Balaban J connectivity index is 1.49. The maximum atomic E-state index is 9.33. The quantitative estimate of drug-likeness (QED) is 0.198. The van der Waals surface area contributed by atoms with E-state index in [-0.39, 0.29) is 45.7 Å². The SMILES string of the molecule is [2H]c1c([2H])c([2H])c2c(-c3cccc4ccccc34)c3c([2H])c([2H])c([2H])c([2H])c3c(-c3cccc(-c4cccc5oc6ccccc6c45)c3)c2c1[2H]. The van der Waals surface area contributed by atoms with Crippen LogP contribution in [0.1, 0.15) is 11.0 Å². The summed E-state index contributed by atoms with van der Waals surface area (Å²) >= 11 is 0. The predicted octanol–water partition coefficient (Wildman–Crippen LogP) is 12.0. The van der Waals surface area contributed by atoms with E-state index in [0.717, 1.165) is 43.8 Å². The molecule has 43 heavy (non-hydrogen) atoms. The molecule has 9 aromatic rings. The third-order valence-corrected chi connectivity index (χ3v) is 8.30. The summed E-state index contributed by atoms with van der Waals surface area (Å²) in [5.41, 5.74) is 4.99. The van der Waals surface area contributed by atoms with Crippen LogP contribution in [0, 0.1) is 0 Å². The summed E-state index contributed by atoms with van der Waals surface area (Å²) in [6.45, 7) is 0. The van der Waals surface area contributed by atoms with Crippen molar-refractivity contribution in [3.63, 3.8) is 0 Å². The summed E-state index contributed by atoms with van der Waals surface area (Å²) in [7, 11) is 0. The van der Waals surface area contributed by atoms with E-state index >= 15 is 0 Å². The fourth-order valence-corrected chi connectivity index (χ4v) is 6.48. The molecule has 8 aromatic carbocycles. The number of furan rings is 1. The van der Waals surface area contributed by atoms with Crippen molar-refractivity contribution >= 4 is 54.3 Å². The Bertz CT molecular complexity index is 2880. The molecule has 0 saturated carbocycles. The molecule has 200 valence electrons.